The van der Waals surface area contributed by atoms with Crippen molar-refractivity contribution >= 4 is 34.1 Å². The number of hydrogen-bond acceptors (Lipinski definition) is 6. The second kappa shape index (κ2) is 8.94. The predicted octanol–water partition coefficient (Wildman–Crippen LogP) is 3.44. The van der Waals surface area contributed by atoms with Gasteiger partial charge < -0.3 is 19.3 Å². The maximum absolute atomic E-state index is 9.21. The summed E-state index contributed by atoms with van der Waals surface area (Å²) >= 11 is 12.4. The van der Waals surface area contributed by atoms with Crippen molar-refractivity contribution in [3.8, 4) is 17.6 Å². The molecule has 27 heavy (non-hydrogen) atoms. The average Bonchev–Trinajstić information content (AvgIpc) is 2.66. The maximum Gasteiger partial charge on any atom is 0.149 e. The lowest BCUT2D eigenvalue weighted by molar-refractivity contribution is 0.145. The molecule has 0 spiro atoms. The Morgan fingerprint density at radius 2 is 1.96 bits per heavy atom. The summed E-state index contributed by atoms with van der Waals surface area (Å²) in [5.41, 5.74) is 0.683. The van der Waals surface area contributed by atoms with Crippen molar-refractivity contribution in [2.75, 3.05) is 53.5 Å². The van der Waals surface area contributed by atoms with Crippen molar-refractivity contribution < 1.29 is 9.47 Å². The van der Waals surface area contributed by atoms with Crippen molar-refractivity contribution in [1.82, 2.24) is 14.8 Å². The molecule has 3 rings (SSSR count). The van der Waals surface area contributed by atoms with Gasteiger partial charge in [-0.25, -0.2) is 4.98 Å². The summed E-state index contributed by atoms with van der Waals surface area (Å²) in [6.45, 7) is 6.03. The van der Waals surface area contributed by atoms with Crippen LogP contribution in [0.4, 0.5) is 0 Å². The van der Waals surface area contributed by atoms with E-state index in [0.29, 0.717) is 29.0 Å². The number of halogens is 2. The third-order valence-electron chi connectivity index (χ3n) is 4.73. The molecule has 0 radical (unpaired) electrons. The molecule has 0 atom stereocenters. The molecule has 0 unspecified atom stereocenters. The fourth-order valence-electron chi connectivity index (χ4n) is 3.15. The summed E-state index contributed by atoms with van der Waals surface area (Å²) in [5.74, 6) is 1.15. The fraction of sp³-hybridized carbons (Fsp3) is 0.474. The average molecular weight is 409 g/mol. The third-order valence-corrected chi connectivity index (χ3v) is 5.39. The zero-order chi connectivity index (χ0) is 19.4. The molecule has 1 saturated heterocycles. The minimum Gasteiger partial charge on any atom is -0.496 e. The Labute approximate surface area is 169 Å². The number of hydrogen-bond donors (Lipinski definition) is 0. The van der Waals surface area contributed by atoms with Gasteiger partial charge >= 0.3 is 0 Å². The van der Waals surface area contributed by atoms with Gasteiger partial charge in [0.05, 0.1) is 29.6 Å². The van der Waals surface area contributed by atoms with E-state index >= 15 is 0 Å². The van der Waals surface area contributed by atoms with E-state index in [1.165, 1.54) is 0 Å². The summed E-state index contributed by atoms with van der Waals surface area (Å²) in [5, 5.41) is 10.1. The Balaban J connectivity index is 1.69. The third kappa shape index (κ3) is 4.56. The SMILES string of the molecule is COc1cc(OCCCN2CCN(C)CC2)cc2nc(Cl)c(C#N)c(Cl)c12. The number of aromatic nitrogens is 1. The Morgan fingerprint density at radius 1 is 1.22 bits per heavy atom. The van der Waals surface area contributed by atoms with Gasteiger partial charge in [0, 0.05) is 44.9 Å². The molecular weight excluding hydrogens is 387 g/mol. The Bertz CT molecular complexity index is 861. The number of piperazine rings is 1. The zero-order valence-electron chi connectivity index (χ0n) is 15.5. The van der Waals surface area contributed by atoms with Crippen LogP contribution >= 0.6 is 23.2 Å². The smallest absolute Gasteiger partial charge is 0.149 e. The quantitative estimate of drug-likeness (QED) is 0.538. The number of methoxy groups -OCH3 is 1. The molecule has 144 valence electrons. The molecule has 6 nitrogen and oxygen atoms in total. The first-order valence-electron chi connectivity index (χ1n) is 8.84. The van der Waals surface area contributed by atoms with Crippen molar-refractivity contribution in [3.63, 3.8) is 0 Å². The van der Waals surface area contributed by atoms with E-state index < -0.39 is 0 Å². The summed E-state index contributed by atoms with van der Waals surface area (Å²) in [6.07, 6.45) is 0.937. The first kappa shape index (κ1) is 20.0. The maximum atomic E-state index is 9.21. The van der Waals surface area contributed by atoms with Gasteiger partial charge in [-0.15, -0.1) is 0 Å². The second-order valence-corrected chi connectivity index (χ2v) is 7.31. The largest absolute Gasteiger partial charge is 0.496 e. The van der Waals surface area contributed by atoms with Crippen LogP contribution in [0.3, 0.4) is 0 Å². The molecule has 0 N–H and O–H groups in total. The van der Waals surface area contributed by atoms with E-state index in [1.54, 1.807) is 19.2 Å². The summed E-state index contributed by atoms with van der Waals surface area (Å²) < 4.78 is 11.3. The van der Waals surface area contributed by atoms with Gasteiger partial charge in [0.2, 0.25) is 0 Å². The van der Waals surface area contributed by atoms with Crippen LogP contribution in [0.25, 0.3) is 10.9 Å². The Kier molecular flexibility index (Phi) is 6.61. The lowest BCUT2D eigenvalue weighted by Gasteiger charge is -2.32. The standard InChI is InChI=1S/C19H22Cl2N4O2/c1-24-5-7-25(8-6-24)4-3-9-27-13-10-15-17(16(11-13)26-2)18(20)14(12-22)19(21)23-15/h10-11H,3-9H2,1-2H3. The Morgan fingerprint density at radius 3 is 2.63 bits per heavy atom. The summed E-state index contributed by atoms with van der Waals surface area (Å²) in [6, 6.07) is 5.51. The Hall–Kier alpha value is -1.78. The summed E-state index contributed by atoms with van der Waals surface area (Å²) in [4.78, 5) is 9.07. The molecule has 1 aliphatic rings. The number of ether oxygens (including phenoxy) is 2. The number of pyridine rings is 1. The lowest BCUT2D eigenvalue weighted by atomic mass is 10.1. The van der Waals surface area contributed by atoms with Gasteiger partial charge in [-0.2, -0.15) is 5.26 Å². The van der Waals surface area contributed by atoms with Crippen LogP contribution in [0.2, 0.25) is 10.2 Å². The fourth-order valence-corrected chi connectivity index (χ4v) is 3.75. The van der Waals surface area contributed by atoms with Crippen LogP contribution in [-0.4, -0.2) is 68.3 Å². The molecular formula is C19H22Cl2N4O2. The van der Waals surface area contributed by atoms with Crippen LogP contribution in [0.15, 0.2) is 12.1 Å². The van der Waals surface area contributed by atoms with Gasteiger partial charge in [-0.05, 0) is 13.5 Å². The summed E-state index contributed by atoms with van der Waals surface area (Å²) in [7, 11) is 3.70. The molecule has 1 fully saturated rings. The first-order chi connectivity index (χ1) is 13.0. The van der Waals surface area contributed by atoms with Crippen molar-refractivity contribution in [3.05, 3.63) is 27.9 Å². The van der Waals surface area contributed by atoms with Gasteiger partial charge in [0.1, 0.15) is 28.3 Å². The van der Waals surface area contributed by atoms with E-state index in [2.05, 4.69) is 21.8 Å². The van der Waals surface area contributed by atoms with Crippen molar-refractivity contribution in [2.24, 2.45) is 0 Å². The molecule has 0 aliphatic carbocycles. The van der Waals surface area contributed by atoms with Crippen LogP contribution < -0.4 is 9.47 Å². The lowest BCUT2D eigenvalue weighted by Crippen LogP contribution is -2.44. The van der Waals surface area contributed by atoms with Crippen molar-refractivity contribution in [2.45, 2.75) is 6.42 Å². The van der Waals surface area contributed by atoms with Crippen LogP contribution in [0, 0.1) is 11.3 Å². The van der Waals surface area contributed by atoms with Gasteiger partial charge in [0.15, 0.2) is 0 Å². The minimum absolute atomic E-state index is 0.0734. The molecule has 0 bridgehead atoms. The van der Waals surface area contributed by atoms with Crippen molar-refractivity contribution in [1.29, 1.82) is 5.26 Å². The van der Waals surface area contributed by atoms with E-state index in [1.807, 2.05) is 6.07 Å². The molecule has 2 heterocycles. The monoisotopic (exact) mass is 408 g/mol. The van der Waals surface area contributed by atoms with Gasteiger partial charge in [-0.3, -0.25) is 0 Å². The van der Waals surface area contributed by atoms with E-state index in [9.17, 15) is 5.26 Å². The number of nitrogens with zero attached hydrogens (tertiary/aromatic N) is 4. The molecule has 0 saturated carbocycles. The number of rotatable bonds is 6. The highest BCUT2D eigenvalue weighted by Gasteiger charge is 2.17. The highest BCUT2D eigenvalue weighted by molar-refractivity contribution is 6.40. The molecule has 1 aliphatic heterocycles. The first-order valence-corrected chi connectivity index (χ1v) is 9.59. The van der Waals surface area contributed by atoms with Gasteiger partial charge in [0.25, 0.3) is 0 Å². The van der Waals surface area contributed by atoms with Crippen LogP contribution in [-0.2, 0) is 0 Å². The van der Waals surface area contributed by atoms with Crippen LogP contribution in [0.5, 0.6) is 11.5 Å². The minimum atomic E-state index is 0.0734. The number of fused-ring (bicyclic) bond motifs is 1. The predicted molar refractivity (Wildman–Crippen MR) is 107 cm³/mol. The van der Waals surface area contributed by atoms with E-state index in [-0.39, 0.29) is 15.7 Å². The zero-order valence-corrected chi connectivity index (χ0v) is 17.0. The number of nitriles is 1. The van der Waals surface area contributed by atoms with E-state index in [4.69, 9.17) is 32.7 Å². The molecule has 1 aromatic heterocycles. The van der Waals surface area contributed by atoms with E-state index in [0.717, 1.165) is 39.1 Å². The molecule has 0 amide bonds. The highest BCUT2D eigenvalue weighted by Crippen LogP contribution is 2.38. The topological polar surface area (TPSA) is 61.6 Å². The normalized spacial score (nSPS) is 15.7. The number of benzene rings is 1. The molecule has 8 heteroatoms. The molecule has 1 aromatic carbocycles. The highest BCUT2D eigenvalue weighted by atomic mass is 35.5. The van der Waals surface area contributed by atoms with Gasteiger partial charge in [-0.1, -0.05) is 23.2 Å². The van der Waals surface area contributed by atoms with Crippen LogP contribution in [0.1, 0.15) is 12.0 Å². The molecule has 2 aromatic rings. The number of likely N-dealkylation sites (N-methyl/N-ethyl adjacent to an activating group) is 1. The second-order valence-electron chi connectivity index (χ2n) is 6.57.